The number of nitrogens with zero attached hydrogens (tertiary/aromatic N) is 1. The van der Waals surface area contributed by atoms with Crippen molar-refractivity contribution >= 4 is 5.97 Å². The van der Waals surface area contributed by atoms with Crippen LogP contribution in [0.3, 0.4) is 0 Å². The maximum absolute atomic E-state index is 10.9. The zero-order chi connectivity index (χ0) is 11.1. The average Bonchev–Trinajstić information content (AvgIpc) is 2.09. The number of carboxylic acid groups (broad SMARTS) is 1. The Balaban J connectivity index is 4.01. The van der Waals surface area contributed by atoms with E-state index < -0.39 is 5.97 Å². The van der Waals surface area contributed by atoms with Crippen molar-refractivity contribution in [2.45, 2.75) is 46.1 Å². The molecule has 0 aliphatic carbocycles. The van der Waals surface area contributed by atoms with Crippen LogP contribution in [-0.2, 0) is 4.79 Å². The van der Waals surface area contributed by atoms with Crippen molar-refractivity contribution in [3.05, 3.63) is 0 Å². The van der Waals surface area contributed by atoms with E-state index in [-0.39, 0.29) is 6.04 Å². The molecule has 0 rings (SSSR count). The molecule has 84 valence electrons. The maximum Gasteiger partial charge on any atom is 0.320 e. The minimum Gasteiger partial charge on any atom is -0.480 e. The first kappa shape index (κ1) is 13.4. The Bertz CT molecular complexity index is 169. The van der Waals surface area contributed by atoms with E-state index in [0.717, 1.165) is 25.8 Å². The van der Waals surface area contributed by atoms with Crippen molar-refractivity contribution in [1.82, 2.24) is 4.90 Å². The van der Waals surface area contributed by atoms with Gasteiger partial charge in [0, 0.05) is 0 Å². The fourth-order valence-electron chi connectivity index (χ4n) is 1.42. The molecule has 3 nitrogen and oxygen atoms in total. The third kappa shape index (κ3) is 5.22. The van der Waals surface area contributed by atoms with Gasteiger partial charge in [-0.25, -0.2) is 0 Å². The van der Waals surface area contributed by atoms with E-state index in [4.69, 9.17) is 5.11 Å². The molecule has 0 aromatic rings. The molecule has 0 amide bonds. The van der Waals surface area contributed by atoms with Crippen LogP contribution in [0.1, 0.15) is 40.0 Å². The monoisotopic (exact) mass is 201 g/mol. The first-order valence-corrected chi connectivity index (χ1v) is 5.42. The first-order chi connectivity index (χ1) is 6.49. The summed E-state index contributed by atoms with van der Waals surface area (Å²) in [5.41, 5.74) is 0. The largest absolute Gasteiger partial charge is 0.480 e. The zero-order valence-electron chi connectivity index (χ0n) is 9.79. The van der Waals surface area contributed by atoms with Gasteiger partial charge in [-0.3, -0.25) is 9.69 Å². The van der Waals surface area contributed by atoms with Gasteiger partial charge < -0.3 is 5.11 Å². The molecule has 1 atom stereocenters. The Labute approximate surface area is 87.1 Å². The van der Waals surface area contributed by atoms with E-state index in [1.165, 1.54) is 0 Å². The van der Waals surface area contributed by atoms with Crippen molar-refractivity contribution in [2.75, 3.05) is 13.6 Å². The van der Waals surface area contributed by atoms with Gasteiger partial charge in [0.1, 0.15) is 6.04 Å². The predicted molar refractivity (Wildman–Crippen MR) is 58.4 cm³/mol. The number of hydrogen-bond donors (Lipinski definition) is 1. The third-order valence-electron chi connectivity index (χ3n) is 2.44. The lowest BCUT2D eigenvalue weighted by Gasteiger charge is -2.24. The maximum atomic E-state index is 10.9. The molecule has 0 radical (unpaired) electrons. The highest BCUT2D eigenvalue weighted by Crippen LogP contribution is 2.08. The van der Waals surface area contributed by atoms with Gasteiger partial charge in [-0.15, -0.1) is 0 Å². The van der Waals surface area contributed by atoms with Crippen LogP contribution in [0.4, 0.5) is 0 Å². The molecule has 0 aliphatic rings. The molecule has 0 heterocycles. The second-order valence-corrected chi connectivity index (χ2v) is 4.31. The summed E-state index contributed by atoms with van der Waals surface area (Å²) < 4.78 is 0. The summed E-state index contributed by atoms with van der Waals surface area (Å²) in [6, 6.07) is -0.307. The highest BCUT2D eigenvalue weighted by molar-refractivity contribution is 5.73. The van der Waals surface area contributed by atoms with E-state index in [0.29, 0.717) is 5.92 Å². The fourth-order valence-corrected chi connectivity index (χ4v) is 1.42. The molecule has 0 fully saturated rings. The van der Waals surface area contributed by atoms with Crippen molar-refractivity contribution < 1.29 is 9.90 Å². The molecule has 3 heteroatoms. The second-order valence-electron chi connectivity index (χ2n) is 4.31. The number of hydrogen-bond acceptors (Lipinski definition) is 2. The number of carboxylic acids is 1. The summed E-state index contributed by atoms with van der Waals surface area (Å²) in [4.78, 5) is 12.9. The number of aliphatic carboxylic acids is 1. The Morgan fingerprint density at radius 1 is 1.36 bits per heavy atom. The summed E-state index contributed by atoms with van der Waals surface area (Å²) in [7, 11) is 1.90. The third-order valence-corrected chi connectivity index (χ3v) is 2.44. The quantitative estimate of drug-likeness (QED) is 0.686. The van der Waals surface area contributed by atoms with Gasteiger partial charge >= 0.3 is 5.97 Å². The molecule has 0 saturated carbocycles. The fraction of sp³-hybridized carbons (Fsp3) is 0.909. The lowest BCUT2D eigenvalue weighted by atomic mass is 10.1. The van der Waals surface area contributed by atoms with Crippen LogP contribution in [0.15, 0.2) is 0 Å². The van der Waals surface area contributed by atoms with E-state index >= 15 is 0 Å². The number of rotatable bonds is 7. The zero-order valence-corrected chi connectivity index (χ0v) is 9.79. The van der Waals surface area contributed by atoms with Crippen LogP contribution in [0.2, 0.25) is 0 Å². The van der Waals surface area contributed by atoms with Gasteiger partial charge in [0.05, 0.1) is 0 Å². The van der Waals surface area contributed by atoms with E-state index in [9.17, 15) is 4.79 Å². The molecule has 1 N–H and O–H groups in total. The lowest BCUT2D eigenvalue weighted by Crippen LogP contribution is -2.39. The van der Waals surface area contributed by atoms with E-state index in [2.05, 4.69) is 13.8 Å². The van der Waals surface area contributed by atoms with Crippen LogP contribution in [0, 0.1) is 5.92 Å². The number of likely N-dealkylation sites (N-methyl/N-ethyl adjacent to an activating group) is 1. The smallest absolute Gasteiger partial charge is 0.320 e. The van der Waals surface area contributed by atoms with Crippen molar-refractivity contribution in [2.24, 2.45) is 5.92 Å². The van der Waals surface area contributed by atoms with E-state index in [1.54, 1.807) is 0 Å². The van der Waals surface area contributed by atoms with Crippen LogP contribution >= 0.6 is 0 Å². The molecule has 0 saturated heterocycles. The molecule has 0 bridgehead atoms. The minimum absolute atomic E-state index is 0.307. The van der Waals surface area contributed by atoms with Gasteiger partial charge in [0.25, 0.3) is 0 Å². The van der Waals surface area contributed by atoms with Gasteiger partial charge in [-0.2, -0.15) is 0 Å². The SMILES string of the molecule is CCCC(C(=O)O)N(C)CCC(C)C. The minimum atomic E-state index is -0.696. The van der Waals surface area contributed by atoms with Crippen LogP contribution in [0.5, 0.6) is 0 Å². The molecule has 0 aliphatic heterocycles. The topological polar surface area (TPSA) is 40.5 Å². The Morgan fingerprint density at radius 3 is 2.29 bits per heavy atom. The van der Waals surface area contributed by atoms with Gasteiger partial charge in [0.15, 0.2) is 0 Å². The van der Waals surface area contributed by atoms with E-state index in [1.807, 2.05) is 18.9 Å². The van der Waals surface area contributed by atoms with Crippen LogP contribution in [-0.4, -0.2) is 35.6 Å². The Morgan fingerprint density at radius 2 is 1.93 bits per heavy atom. The molecule has 1 unspecified atom stereocenters. The summed E-state index contributed by atoms with van der Waals surface area (Å²) in [5, 5.41) is 9.00. The summed E-state index contributed by atoms with van der Waals surface area (Å²) >= 11 is 0. The highest BCUT2D eigenvalue weighted by Gasteiger charge is 2.20. The van der Waals surface area contributed by atoms with Gasteiger partial charge in [0.2, 0.25) is 0 Å². The van der Waals surface area contributed by atoms with Crippen molar-refractivity contribution in [3.63, 3.8) is 0 Å². The molecular formula is C11H23NO2. The van der Waals surface area contributed by atoms with Crippen molar-refractivity contribution in [3.8, 4) is 0 Å². The van der Waals surface area contributed by atoms with Crippen LogP contribution in [0.25, 0.3) is 0 Å². The average molecular weight is 201 g/mol. The normalized spacial score (nSPS) is 13.6. The molecule has 0 aromatic heterocycles. The second kappa shape index (κ2) is 6.82. The Hall–Kier alpha value is -0.570. The van der Waals surface area contributed by atoms with Crippen LogP contribution < -0.4 is 0 Å². The summed E-state index contributed by atoms with van der Waals surface area (Å²) in [6.07, 6.45) is 2.72. The van der Waals surface area contributed by atoms with Gasteiger partial charge in [-0.05, 0) is 32.4 Å². The summed E-state index contributed by atoms with van der Waals surface area (Å²) in [5.74, 6) is -0.0633. The molecular weight excluding hydrogens is 178 g/mol. The molecule has 0 aromatic carbocycles. The lowest BCUT2D eigenvalue weighted by molar-refractivity contribution is -0.143. The first-order valence-electron chi connectivity index (χ1n) is 5.42. The van der Waals surface area contributed by atoms with Crippen molar-refractivity contribution in [1.29, 1.82) is 0 Å². The van der Waals surface area contributed by atoms with Gasteiger partial charge in [-0.1, -0.05) is 27.2 Å². The summed E-state index contributed by atoms with van der Waals surface area (Å²) in [6.45, 7) is 7.20. The Kier molecular flexibility index (Phi) is 6.54. The standard InChI is InChI=1S/C11H23NO2/c1-5-6-10(11(13)14)12(4)8-7-9(2)3/h9-10H,5-8H2,1-4H3,(H,13,14). The highest BCUT2D eigenvalue weighted by atomic mass is 16.4. The molecule has 14 heavy (non-hydrogen) atoms. The number of carbonyl (C=O) groups is 1. The predicted octanol–water partition coefficient (Wildman–Crippen LogP) is 2.22. The molecule has 0 spiro atoms.